The Bertz CT molecular complexity index is 1380. The summed E-state index contributed by atoms with van der Waals surface area (Å²) in [7, 11) is 0. The number of aliphatic hydroxyl groups excluding tert-OH is 1. The molecule has 32 heavy (non-hydrogen) atoms. The summed E-state index contributed by atoms with van der Waals surface area (Å²) in [6.45, 7) is 5.31. The maximum absolute atomic E-state index is 13.2. The van der Waals surface area contributed by atoms with Crippen LogP contribution in [0.2, 0.25) is 0 Å². The lowest BCUT2D eigenvalue weighted by Gasteiger charge is -2.23. The summed E-state index contributed by atoms with van der Waals surface area (Å²) in [4.78, 5) is 26.3. The van der Waals surface area contributed by atoms with Crippen LogP contribution in [0.5, 0.6) is 0 Å². The second-order valence-corrected chi connectivity index (χ2v) is 7.73. The predicted molar refractivity (Wildman–Crippen MR) is 122 cm³/mol. The van der Waals surface area contributed by atoms with Gasteiger partial charge in [-0.05, 0) is 45.0 Å². The minimum Gasteiger partial charge on any atom is -0.506 e. The number of aryl methyl sites for hydroxylation is 1. The van der Waals surface area contributed by atoms with E-state index in [1.165, 1.54) is 5.01 Å². The molecule has 3 aromatic rings. The van der Waals surface area contributed by atoms with Crippen LogP contribution in [0.3, 0.4) is 0 Å². The summed E-state index contributed by atoms with van der Waals surface area (Å²) in [5.41, 5.74) is 4.11. The summed E-state index contributed by atoms with van der Waals surface area (Å²) < 4.78 is 1.74. The van der Waals surface area contributed by atoms with E-state index < -0.39 is 5.91 Å². The molecule has 0 atom stereocenters. The van der Waals surface area contributed by atoms with Crippen LogP contribution >= 0.6 is 0 Å². The SMILES string of the molecule is CC1=NN(c2ccccc2)C(=O)C1=C1C(=O)C(c2c(C)nn(-c3ccccc3)c2C)=C1O. The van der Waals surface area contributed by atoms with Gasteiger partial charge in [0.05, 0.1) is 39.5 Å². The number of amides is 1. The molecular weight excluding hydrogens is 404 g/mol. The standard InChI is InChI=1S/C25H20N4O3/c1-14-19(16(3)28(26-14)17-10-6-4-7-11-17)21-23(30)22(24(21)31)20-15(2)27-29(25(20)32)18-12-8-5-9-13-18/h4-13,30H,1-3H3. The Balaban J connectivity index is 1.59. The summed E-state index contributed by atoms with van der Waals surface area (Å²) in [5.74, 6) is -1.01. The number of carbonyl (C=O) groups excluding carboxylic acids is 2. The zero-order chi connectivity index (χ0) is 22.6. The van der Waals surface area contributed by atoms with Crippen LogP contribution in [-0.2, 0) is 9.59 Å². The summed E-state index contributed by atoms with van der Waals surface area (Å²) in [5, 5.41) is 21.0. The molecule has 0 radical (unpaired) electrons. The van der Waals surface area contributed by atoms with Crippen LogP contribution in [0.4, 0.5) is 5.69 Å². The van der Waals surface area contributed by atoms with Crippen molar-refractivity contribution >= 4 is 28.7 Å². The quantitative estimate of drug-likeness (QED) is 0.643. The van der Waals surface area contributed by atoms with Gasteiger partial charge in [-0.1, -0.05) is 36.4 Å². The topological polar surface area (TPSA) is 87.8 Å². The van der Waals surface area contributed by atoms with Crippen molar-refractivity contribution in [1.29, 1.82) is 0 Å². The van der Waals surface area contributed by atoms with E-state index in [2.05, 4.69) is 10.2 Å². The van der Waals surface area contributed by atoms with Gasteiger partial charge in [0.2, 0.25) is 5.78 Å². The number of hydrogen-bond acceptors (Lipinski definition) is 5. The first-order chi connectivity index (χ1) is 15.4. The highest BCUT2D eigenvalue weighted by Gasteiger charge is 2.44. The van der Waals surface area contributed by atoms with E-state index in [-0.39, 0.29) is 28.3 Å². The van der Waals surface area contributed by atoms with Gasteiger partial charge in [-0.15, -0.1) is 0 Å². The minimum atomic E-state index is -0.434. The van der Waals surface area contributed by atoms with Gasteiger partial charge in [0.25, 0.3) is 5.91 Å². The minimum absolute atomic E-state index is 0.0101. The van der Waals surface area contributed by atoms with Crippen molar-refractivity contribution in [2.75, 3.05) is 5.01 Å². The molecule has 158 valence electrons. The first kappa shape index (κ1) is 19.7. The number of ketones is 1. The summed E-state index contributed by atoms with van der Waals surface area (Å²) in [6.07, 6.45) is 0. The fourth-order valence-electron chi connectivity index (χ4n) is 4.23. The maximum Gasteiger partial charge on any atom is 0.281 e. The van der Waals surface area contributed by atoms with Gasteiger partial charge < -0.3 is 5.11 Å². The highest BCUT2D eigenvalue weighted by Crippen LogP contribution is 2.42. The third kappa shape index (κ3) is 2.75. The monoisotopic (exact) mass is 424 g/mol. The molecule has 1 aliphatic carbocycles. The molecule has 7 nitrogen and oxygen atoms in total. The zero-order valence-corrected chi connectivity index (χ0v) is 17.8. The molecule has 2 aromatic carbocycles. The number of para-hydroxylation sites is 2. The van der Waals surface area contributed by atoms with Gasteiger partial charge in [-0.3, -0.25) is 9.59 Å². The van der Waals surface area contributed by atoms with Gasteiger partial charge in [0.1, 0.15) is 5.76 Å². The van der Waals surface area contributed by atoms with Crippen LogP contribution in [0.25, 0.3) is 11.3 Å². The Kier molecular flexibility index (Phi) is 4.41. The lowest BCUT2D eigenvalue weighted by molar-refractivity contribution is -0.115. The van der Waals surface area contributed by atoms with Gasteiger partial charge in [0.15, 0.2) is 0 Å². The Morgan fingerprint density at radius 1 is 0.781 bits per heavy atom. The average molecular weight is 424 g/mol. The fraction of sp³-hybridized carbons (Fsp3) is 0.120. The number of Topliss-reactive ketones (excluding diaryl/α,β-unsaturated/α-hetero) is 1. The Morgan fingerprint density at radius 3 is 1.97 bits per heavy atom. The molecule has 1 aromatic heterocycles. The van der Waals surface area contributed by atoms with Crippen LogP contribution in [-0.4, -0.2) is 32.3 Å². The van der Waals surface area contributed by atoms with E-state index in [1.807, 2.05) is 43.3 Å². The fourth-order valence-corrected chi connectivity index (χ4v) is 4.23. The normalized spacial score (nSPS) is 18.3. The molecule has 0 saturated heterocycles. The van der Waals surface area contributed by atoms with Crippen molar-refractivity contribution in [2.45, 2.75) is 20.8 Å². The lowest BCUT2D eigenvalue weighted by atomic mass is 9.79. The van der Waals surface area contributed by atoms with E-state index in [9.17, 15) is 14.7 Å². The molecule has 1 aliphatic heterocycles. The van der Waals surface area contributed by atoms with Crippen LogP contribution in [0.15, 0.2) is 82.7 Å². The van der Waals surface area contributed by atoms with Gasteiger partial charge in [-0.25, -0.2) is 4.68 Å². The number of hydrogen-bond donors (Lipinski definition) is 1. The molecule has 7 heteroatoms. The first-order valence-corrected chi connectivity index (χ1v) is 10.2. The molecule has 0 fully saturated rings. The molecule has 0 unspecified atom stereocenters. The molecule has 0 spiro atoms. The lowest BCUT2D eigenvalue weighted by Crippen LogP contribution is -2.29. The van der Waals surface area contributed by atoms with Crippen molar-refractivity contribution in [3.8, 4) is 5.69 Å². The van der Waals surface area contributed by atoms with Crippen molar-refractivity contribution in [2.24, 2.45) is 5.10 Å². The van der Waals surface area contributed by atoms with Crippen LogP contribution in [0, 0.1) is 13.8 Å². The molecule has 2 aliphatic rings. The molecule has 2 heterocycles. The van der Waals surface area contributed by atoms with Gasteiger partial charge in [-0.2, -0.15) is 15.2 Å². The second-order valence-electron chi connectivity index (χ2n) is 7.73. The zero-order valence-electron chi connectivity index (χ0n) is 17.8. The third-order valence-corrected chi connectivity index (χ3v) is 5.74. The highest BCUT2D eigenvalue weighted by atomic mass is 16.3. The van der Waals surface area contributed by atoms with Crippen LogP contribution in [0.1, 0.15) is 23.9 Å². The number of benzene rings is 2. The summed E-state index contributed by atoms with van der Waals surface area (Å²) in [6, 6.07) is 18.5. The summed E-state index contributed by atoms with van der Waals surface area (Å²) >= 11 is 0. The predicted octanol–water partition coefficient (Wildman–Crippen LogP) is 4.06. The Hall–Kier alpha value is -4.26. The largest absolute Gasteiger partial charge is 0.506 e. The molecule has 1 amide bonds. The second kappa shape index (κ2) is 7.16. The highest BCUT2D eigenvalue weighted by molar-refractivity contribution is 6.45. The number of nitrogens with zero attached hydrogens (tertiary/aromatic N) is 4. The number of anilines is 1. The number of aliphatic hydroxyl groups is 1. The van der Waals surface area contributed by atoms with E-state index in [0.717, 1.165) is 11.4 Å². The number of hydrazone groups is 1. The average Bonchev–Trinajstić information content (AvgIpc) is 3.26. The third-order valence-electron chi connectivity index (χ3n) is 5.74. The van der Waals surface area contributed by atoms with Crippen molar-refractivity contribution in [3.05, 3.63) is 94.5 Å². The number of aromatic nitrogens is 2. The van der Waals surface area contributed by atoms with E-state index in [4.69, 9.17) is 0 Å². The van der Waals surface area contributed by atoms with E-state index in [0.29, 0.717) is 22.7 Å². The van der Waals surface area contributed by atoms with E-state index in [1.54, 1.807) is 42.8 Å². The Labute approximate surface area is 184 Å². The Morgan fingerprint density at radius 2 is 1.38 bits per heavy atom. The molecule has 0 bridgehead atoms. The first-order valence-electron chi connectivity index (χ1n) is 10.2. The number of allylic oxidation sites excluding steroid dienone is 2. The van der Waals surface area contributed by atoms with Crippen molar-refractivity contribution < 1.29 is 14.7 Å². The number of rotatable bonds is 3. The number of carbonyl (C=O) groups is 2. The molecule has 0 saturated carbocycles. The van der Waals surface area contributed by atoms with E-state index >= 15 is 0 Å². The molecule has 5 rings (SSSR count). The smallest absolute Gasteiger partial charge is 0.281 e. The van der Waals surface area contributed by atoms with Crippen molar-refractivity contribution in [1.82, 2.24) is 9.78 Å². The molecular formula is C25H20N4O3. The van der Waals surface area contributed by atoms with Crippen molar-refractivity contribution in [3.63, 3.8) is 0 Å². The maximum atomic E-state index is 13.2. The molecule has 1 N–H and O–H groups in total. The van der Waals surface area contributed by atoms with Gasteiger partial charge >= 0.3 is 0 Å². The van der Waals surface area contributed by atoms with Crippen LogP contribution < -0.4 is 5.01 Å². The van der Waals surface area contributed by atoms with Gasteiger partial charge in [0, 0.05) is 11.3 Å².